The Labute approximate surface area is 97.0 Å². The normalized spacial score (nSPS) is 11.2. The molecule has 3 N–H and O–H groups in total. The van der Waals surface area contributed by atoms with Crippen LogP contribution in [-0.2, 0) is 11.2 Å². The van der Waals surface area contributed by atoms with E-state index >= 15 is 0 Å². The van der Waals surface area contributed by atoms with Gasteiger partial charge in [-0.25, -0.2) is 0 Å². The molecule has 0 saturated carbocycles. The smallest absolute Gasteiger partial charge is 0.229 e. The third-order valence-corrected chi connectivity index (χ3v) is 2.33. The molecule has 16 heavy (non-hydrogen) atoms. The van der Waals surface area contributed by atoms with E-state index in [2.05, 4.69) is 5.32 Å². The quantitative estimate of drug-likeness (QED) is 0.820. The lowest BCUT2D eigenvalue weighted by Gasteiger charge is -2.17. The highest BCUT2D eigenvalue weighted by Gasteiger charge is 2.20. The van der Waals surface area contributed by atoms with Gasteiger partial charge in [0.25, 0.3) is 0 Å². The van der Waals surface area contributed by atoms with Gasteiger partial charge in [-0.3, -0.25) is 4.79 Å². The minimum Gasteiger partial charge on any atom is -0.330 e. The minimum atomic E-state index is -0.365. The van der Waals surface area contributed by atoms with Crippen LogP contribution >= 0.6 is 0 Å². The number of hydrogen-bond donors (Lipinski definition) is 2. The third kappa shape index (κ3) is 3.66. The first-order valence-corrected chi connectivity index (χ1v) is 5.54. The number of benzene rings is 1. The second-order valence-corrected chi connectivity index (χ2v) is 4.94. The van der Waals surface area contributed by atoms with Crippen molar-refractivity contribution in [1.29, 1.82) is 0 Å². The van der Waals surface area contributed by atoms with Gasteiger partial charge in [-0.15, -0.1) is 0 Å². The van der Waals surface area contributed by atoms with Gasteiger partial charge in [0.05, 0.1) is 0 Å². The van der Waals surface area contributed by atoms with Gasteiger partial charge in [-0.2, -0.15) is 0 Å². The topological polar surface area (TPSA) is 55.1 Å². The summed E-state index contributed by atoms with van der Waals surface area (Å²) < 4.78 is 0. The number of carbonyl (C=O) groups excluding carboxylic acids is 1. The van der Waals surface area contributed by atoms with Crippen molar-refractivity contribution in [2.75, 3.05) is 11.9 Å². The lowest BCUT2D eigenvalue weighted by atomic mass is 9.95. The molecule has 0 radical (unpaired) electrons. The highest BCUT2D eigenvalue weighted by molar-refractivity contribution is 5.94. The summed E-state index contributed by atoms with van der Waals surface area (Å²) in [5, 5.41) is 2.88. The summed E-state index contributed by atoms with van der Waals surface area (Å²) in [6.45, 7) is 6.33. The minimum absolute atomic E-state index is 0.0269. The second kappa shape index (κ2) is 5.12. The fourth-order valence-corrected chi connectivity index (χ4v) is 1.24. The molecule has 0 unspecified atom stereocenters. The van der Waals surface area contributed by atoms with E-state index < -0.39 is 0 Å². The molecule has 0 aliphatic rings. The Bertz CT molecular complexity index is 349. The molecule has 1 aromatic carbocycles. The Morgan fingerprint density at radius 1 is 1.25 bits per heavy atom. The highest BCUT2D eigenvalue weighted by atomic mass is 16.2. The highest BCUT2D eigenvalue weighted by Crippen LogP contribution is 2.17. The van der Waals surface area contributed by atoms with Crippen molar-refractivity contribution in [2.45, 2.75) is 27.2 Å². The zero-order valence-electron chi connectivity index (χ0n) is 10.2. The van der Waals surface area contributed by atoms with Gasteiger partial charge in [0.1, 0.15) is 0 Å². The van der Waals surface area contributed by atoms with Crippen LogP contribution in [0.15, 0.2) is 24.3 Å². The number of nitrogens with two attached hydrogens (primary N) is 1. The summed E-state index contributed by atoms with van der Waals surface area (Å²) in [5.74, 6) is 0.0269. The van der Waals surface area contributed by atoms with Gasteiger partial charge < -0.3 is 11.1 Å². The molecule has 0 heterocycles. The molecule has 0 aliphatic carbocycles. The lowest BCUT2D eigenvalue weighted by Crippen LogP contribution is -2.27. The molecule has 0 aliphatic heterocycles. The first-order chi connectivity index (χ1) is 7.43. The largest absolute Gasteiger partial charge is 0.330 e. The van der Waals surface area contributed by atoms with E-state index in [4.69, 9.17) is 5.73 Å². The number of amides is 1. The average Bonchev–Trinajstić information content (AvgIpc) is 2.20. The number of nitrogens with one attached hydrogen (secondary N) is 1. The summed E-state index contributed by atoms with van der Waals surface area (Å²) >= 11 is 0. The maximum atomic E-state index is 11.7. The molecule has 1 amide bonds. The summed E-state index contributed by atoms with van der Waals surface area (Å²) in [7, 11) is 0. The first kappa shape index (κ1) is 12.7. The molecule has 3 nitrogen and oxygen atoms in total. The van der Waals surface area contributed by atoms with Crippen molar-refractivity contribution >= 4 is 11.6 Å². The zero-order chi connectivity index (χ0) is 12.2. The number of hydrogen-bond acceptors (Lipinski definition) is 2. The molecule has 0 bridgehead atoms. The van der Waals surface area contributed by atoms with E-state index in [1.165, 1.54) is 5.56 Å². The molecule has 1 rings (SSSR count). The fourth-order valence-electron chi connectivity index (χ4n) is 1.24. The molecule has 0 atom stereocenters. The predicted octanol–water partition coefficient (Wildman–Crippen LogP) is 2.17. The standard InChI is InChI=1S/C13H20N2O/c1-13(2,3)12(16)15-11-6-4-10(5-7-11)8-9-14/h4-7H,8-9,14H2,1-3H3,(H,15,16). The Balaban J connectivity index is 2.65. The Hall–Kier alpha value is -1.35. The molecule has 0 fully saturated rings. The van der Waals surface area contributed by atoms with Crippen LogP contribution in [0.2, 0.25) is 0 Å². The lowest BCUT2D eigenvalue weighted by molar-refractivity contribution is -0.123. The Morgan fingerprint density at radius 2 is 1.81 bits per heavy atom. The summed E-state index contributed by atoms with van der Waals surface area (Å²) in [6, 6.07) is 7.81. The van der Waals surface area contributed by atoms with Crippen molar-refractivity contribution in [1.82, 2.24) is 0 Å². The fraction of sp³-hybridized carbons (Fsp3) is 0.462. The summed E-state index contributed by atoms with van der Waals surface area (Å²) in [4.78, 5) is 11.7. The molecular formula is C13H20N2O. The van der Waals surface area contributed by atoms with Gasteiger partial charge >= 0.3 is 0 Å². The van der Waals surface area contributed by atoms with Crippen LogP contribution < -0.4 is 11.1 Å². The van der Waals surface area contributed by atoms with Gasteiger partial charge in [-0.1, -0.05) is 32.9 Å². The molecule has 0 spiro atoms. The van der Waals surface area contributed by atoms with Gasteiger partial charge in [0.15, 0.2) is 0 Å². The second-order valence-electron chi connectivity index (χ2n) is 4.94. The summed E-state index contributed by atoms with van der Waals surface area (Å²) in [6.07, 6.45) is 0.869. The maximum Gasteiger partial charge on any atom is 0.229 e. The molecule has 0 saturated heterocycles. The third-order valence-electron chi connectivity index (χ3n) is 2.33. The van der Waals surface area contributed by atoms with Crippen molar-refractivity contribution in [3.63, 3.8) is 0 Å². The zero-order valence-corrected chi connectivity index (χ0v) is 10.2. The number of carbonyl (C=O) groups is 1. The van der Waals surface area contributed by atoms with Gasteiger partial charge in [0, 0.05) is 11.1 Å². The van der Waals surface area contributed by atoms with Crippen LogP contribution in [0.25, 0.3) is 0 Å². The van der Waals surface area contributed by atoms with Crippen LogP contribution in [0.3, 0.4) is 0 Å². The average molecular weight is 220 g/mol. The van der Waals surface area contributed by atoms with E-state index in [0.717, 1.165) is 12.1 Å². The molecule has 0 aromatic heterocycles. The van der Waals surface area contributed by atoms with Crippen LogP contribution in [0.1, 0.15) is 26.3 Å². The van der Waals surface area contributed by atoms with Crippen LogP contribution in [-0.4, -0.2) is 12.5 Å². The molecule has 1 aromatic rings. The Kier molecular flexibility index (Phi) is 4.07. The van der Waals surface area contributed by atoms with E-state index in [0.29, 0.717) is 6.54 Å². The Morgan fingerprint density at radius 3 is 2.25 bits per heavy atom. The number of rotatable bonds is 3. The van der Waals surface area contributed by atoms with E-state index in [9.17, 15) is 4.79 Å². The van der Waals surface area contributed by atoms with Crippen molar-refractivity contribution < 1.29 is 4.79 Å². The van der Waals surface area contributed by atoms with Crippen molar-refractivity contribution in [3.8, 4) is 0 Å². The van der Waals surface area contributed by atoms with Crippen molar-refractivity contribution in [3.05, 3.63) is 29.8 Å². The van der Waals surface area contributed by atoms with Crippen LogP contribution in [0, 0.1) is 5.41 Å². The van der Waals surface area contributed by atoms with E-state index in [-0.39, 0.29) is 11.3 Å². The predicted molar refractivity (Wildman–Crippen MR) is 67.3 cm³/mol. The molecule has 3 heteroatoms. The monoisotopic (exact) mass is 220 g/mol. The molecular weight excluding hydrogens is 200 g/mol. The van der Waals surface area contributed by atoms with Crippen LogP contribution in [0.4, 0.5) is 5.69 Å². The molecule has 88 valence electrons. The first-order valence-electron chi connectivity index (χ1n) is 5.54. The van der Waals surface area contributed by atoms with Crippen LogP contribution in [0.5, 0.6) is 0 Å². The maximum absolute atomic E-state index is 11.7. The number of anilines is 1. The van der Waals surface area contributed by atoms with E-state index in [1.54, 1.807) is 0 Å². The van der Waals surface area contributed by atoms with Gasteiger partial charge in [0.2, 0.25) is 5.91 Å². The van der Waals surface area contributed by atoms with Crippen molar-refractivity contribution in [2.24, 2.45) is 11.1 Å². The van der Waals surface area contributed by atoms with E-state index in [1.807, 2.05) is 45.0 Å². The SMILES string of the molecule is CC(C)(C)C(=O)Nc1ccc(CCN)cc1. The van der Waals surface area contributed by atoms with Gasteiger partial charge in [-0.05, 0) is 30.7 Å². The summed E-state index contributed by atoms with van der Waals surface area (Å²) in [5.41, 5.74) is 7.13.